The predicted octanol–water partition coefficient (Wildman–Crippen LogP) is 1.09. The van der Waals surface area contributed by atoms with Crippen molar-refractivity contribution in [2.24, 2.45) is 0 Å². The summed E-state index contributed by atoms with van der Waals surface area (Å²) < 4.78 is 0. The maximum Gasteiger partial charge on any atom is 0.337 e. The van der Waals surface area contributed by atoms with Crippen LogP contribution in [-0.2, 0) is 4.79 Å². The van der Waals surface area contributed by atoms with Crippen LogP contribution in [-0.4, -0.2) is 43.3 Å². The van der Waals surface area contributed by atoms with Gasteiger partial charge < -0.3 is 15.5 Å². The van der Waals surface area contributed by atoms with Crippen LogP contribution in [0, 0.1) is 6.92 Å². The van der Waals surface area contributed by atoms with Crippen molar-refractivity contribution >= 4 is 11.8 Å². The summed E-state index contributed by atoms with van der Waals surface area (Å²) in [7, 11) is 0. The van der Waals surface area contributed by atoms with Crippen LogP contribution in [0.25, 0.3) is 11.4 Å². The van der Waals surface area contributed by atoms with Crippen molar-refractivity contribution < 1.29 is 15.0 Å². The summed E-state index contributed by atoms with van der Waals surface area (Å²) >= 11 is 0. The van der Waals surface area contributed by atoms with Gasteiger partial charge in [-0.15, -0.1) is 0 Å². The molecule has 0 amide bonds. The van der Waals surface area contributed by atoms with E-state index in [1.165, 1.54) is 6.92 Å². The molecule has 0 saturated heterocycles. The summed E-state index contributed by atoms with van der Waals surface area (Å²) in [6.45, 7) is 2.88. The van der Waals surface area contributed by atoms with Gasteiger partial charge in [-0.25, -0.2) is 14.8 Å². The first-order valence-corrected chi connectivity index (χ1v) is 6.34. The van der Waals surface area contributed by atoms with Gasteiger partial charge in [-0.3, -0.25) is 4.98 Å². The van der Waals surface area contributed by atoms with Crippen LogP contribution in [0.15, 0.2) is 30.6 Å². The van der Waals surface area contributed by atoms with E-state index in [0.717, 1.165) is 11.3 Å². The number of hydrogen-bond donors (Lipinski definition) is 3. The fourth-order valence-corrected chi connectivity index (χ4v) is 1.63. The zero-order valence-electron chi connectivity index (χ0n) is 11.7. The lowest BCUT2D eigenvalue weighted by atomic mass is 10.1. The summed E-state index contributed by atoms with van der Waals surface area (Å²) in [5.41, 5.74) is -0.327. The van der Waals surface area contributed by atoms with Crippen molar-refractivity contribution in [2.45, 2.75) is 19.4 Å². The van der Waals surface area contributed by atoms with Crippen LogP contribution in [0.5, 0.6) is 0 Å². The predicted molar refractivity (Wildman–Crippen MR) is 76.7 cm³/mol. The molecule has 0 spiro atoms. The molecule has 7 heteroatoms. The van der Waals surface area contributed by atoms with Crippen LogP contribution in [0.4, 0.5) is 5.82 Å². The molecule has 0 bridgehead atoms. The van der Waals surface area contributed by atoms with E-state index in [-0.39, 0.29) is 6.54 Å². The Bertz CT molecular complexity index is 644. The summed E-state index contributed by atoms with van der Waals surface area (Å²) in [6, 6.07) is 5.25. The molecule has 0 aliphatic heterocycles. The van der Waals surface area contributed by atoms with Crippen molar-refractivity contribution in [3.8, 4) is 11.4 Å². The van der Waals surface area contributed by atoms with Crippen molar-refractivity contribution in [1.82, 2.24) is 15.0 Å². The average molecular weight is 288 g/mol. The maximum absolute atomic E-state index is 10.9. The first-order valence-electron chi connectivity index (χ1n) is 6.34. The number of aliphatic hydroxyl groups is 1. The van der Waals surface area contributed by atoms with E-state index in [1.807, 2.05) is 6.92 Å². The van der Waals surface area contributed by atoms with Gasteiger partial charge in [-0.1, -0.05) is 0 Å². The Morgan fingerprint density at radius 2 is 2.00 bits per heavy atom. The lowest BCUT2D eigenvalue weighted by molar-refractivity contribution is -0.155. The minimum Gasteiger partial charge on any atom is -0.479 e. The number of nitrogens with one attached hydrogen (secondary N) is 1. The highest BCUT2D eigenvalue weighted by Crippen LogP contribution is 2.17. The minimum atomic E-state index is -1.87. The van der Waals surface area contributed by atoms with Gasteiger partial charge in [-0.05, 0) is 26.0 Å². The fraction of sp³-hybridized carbons (Fsp3) is 0.286. The molecular formula is C14H16N4O3. The molecule has 110 valence electrons. The highest BCUT2D eigenvalue weighted by Gasteiger charge is 2.29. The zero-order chi connectivity index (χ0) is 15.5. The molecule has 2 heterocycles. The summed E-state index contributed by atoms with van der Waals surface area (Å²) in [6.07, 6.45) is 3.28. The number of nitrogens with zero attached hydrogens (tertiary/aromatic N) is 3. The van der Waals surface area contributed by atoms with E-state index >= 15 is 0 Å². The van der Waals surface area contributed by atoms with E-state index in [4.69, 9.17) is 5.11 Å². The molecule has 3 N–H and O–H groups in total. The fourth-order valence-electron chi connectivity index (χ4n) is 1.63. The molecule has 0 aliphatic rings. The topological polar surface area (TPSA) is 108 Å². The standard InChI is InChI=1S/C14H16N4O3/c1-9-7-11(16-8-14(2,21)13(19)20)18-12(17-9)10-3-5-15-6-4-10/h3-7,21H,8H2,1-2H3,(H,19,20)(H,16,17,18). The van der Waals surface area contributed by atoms with E-state index in [0.29, 0.717) is 11.6 Å². The normalized spacial score (nSPS) is 13.5. The van der Waals surface area contributed by atoms with Gasteiger partial charge in [0.2, 0.25) is 0 Å². The molecule has 0 aromatic carbocycles. The van der Waals surface area contributed by atoms with Crippen LogP contribution >= 0.6 is 0 Å². The number of hydrogen-bond acceptors (Lipinski definition) is 6. The highest BCUT2D eigenvalue weighted by atomic mass is 16.4. The van der Waals surface area contributed by atoms with Crippen LogP contribution in [0.3, 0.4) is 0 Å². The molecule has 2 aromatic rings. The number of pyridine rings is 1. The molecule has 0 saturated carbocycles. The van der Waals surface area contributed by atoms with Crippen LogP contribution in [0.1, 0.15) is 12.6 Å². The maximum atomic E-state index is 10.9. The highest BCUT2D eigenvalue weighted by molar-refractivity contribution is 5.77. The third kappa shape index (κ3) is 3.73. The third-order valence-electron chi connectivity index (χ3n) is 2.87. The Hall–Kier alpha value is -2.54. The Kier molecular flexibility index (Phi) is 4.13. The first kappa shape index (κ1) is 14.9. The second-order valence-corrected chi connectivity index (χ2v) is 4.89. The van der Waals surface area contributed by atoms with E-state index < -0.39 is 11.6 Å². The Morgan fingerprint density at radius 1 is 1.33 bits per heavy atom. The number of carboxylic acid groups (broad SMARTS) is 1. The van der Waals surface area contributed by atoms with Crippen molar-refractivity contribution in [1.29, 1.82) is 0 Å². The van der Waals surface area contributed by atoms with Crippen LogP contribution in [0.2, 0.25) is 0 Å². The van der Waals surface area contributed by atoms with E-state index in [9.17, 15) is 9.90 Å². The monoisotopic (exact) mass is 288 g/mol. The van der Waals surface area contributed by atoms with Gasteiger partial charge >= 0.3 is 5.97 Å². The second kappa shape index (κ2) is 5.84. The van der Waals surface area contributed by atoms with Crippen LogP contribution < -0.4 is 5.32 Å². The molecule has 0 radical (unpaired) electrons. The van der Waals surface area contributed by atoms with Gasteiger partial charge in [0.15, 0.2) is 11.4 Å². The lowest BCUT2D eigenvalue weighted by Crippen LogP contribution is -2.42. The molecule has 2 aromatic heterocycles. The zero-order valence-corrected chi connectivity index (χ0v) is 11.7. The number of rotatable bonds is 5. The molecule has 0 aliphatic carbocycles. The summed E-state index contributed by atoms with van der Waals surface area (Å²) in [4.78, 5) is 23.4. The van der Waals surface area contributed by atoms with E-state index in [1.54, 1.807) is 30.6 Å². The Balaban J connectivity index is 2.22. The molecular weight excluding hydrogens is 272 g/mol. The number of aryl methyl sites for hydroxylation is 1. The number of carbonyl (C=O) groups is 1. The summed E-state index contributed by atoms with van der Waals surface area (Å²) in [5, 5.41) is 21.4. The van der Waals surface area contributed by atoms with Crippen molar-refractivity contribution in [3.63, 3.8) is 0 Å². The molecule has 7 nitrogen and oxygen atoms in total. The Labute approximate surface area is 121 Å². The third-order valence-corrected chi connectivity index (χ3v) is 2.87. The van der Waals surface area contributed by atoms with Gasteiger partial charge in [0, 0.05) is 29.7 Å². The Morgan fingerprint density at radius 3 is 2.62 bits per heavy atom. The first-order chi connectivity index (χ1) is 9.88. The molecule has 1 atom stereocenters. The number of aromatic nitrogens is 3. The van der Waals surface area contributed by atoms with Gasteiger partial charge in [-0.2, -0.15) is 0 Å². The van der Waals surface area contributed by atoms with Gasteiger partial charge in [0.25, 0.3) is 0 Å². The lowest BCUT2D eigenvalue weighted by Gasteiger charge is -2.19. The number of carboxylic acids is 1. The van der Waals surface area contributed by atoms with Crippen molar-refractivity contribution in [2.75, 3.05) is 11.9 Å². The summed E-state index contributed by atoms with van der Waals surface area (Å²) in [5.74, 6) is -0.333. The average Bonchev–Trinajstić information content (AvgIpc) is 2.45. The second-order valence-electron chi connectivity index (χ2n) is 4.89. The number of anilines is 1. The molecule has 0 fully saturated rings. The minimum absolute atomic E-state index is 0.158. The van der Waals surface area contributed by atoms with E-state index in [2.05, 4.69) is 20.3 Å². The largest absolute Gasteiger partial charge is 0.479 e. The molecule has 21 heavy (non-hydrogen) atoms. The molecule has 1 unspecified atom stereocenters. The van der Waals surface area contributed by atoms with Gasteiger partial charge in [0.05, 0.1) is 6.54 Å². The quantitative estimate of drug-likeness (QED) is 0.755. The number of aliphatic carboxylic acids is 1. The smallest absolute Gasteiger partial charge is 0.337 e. The molecule has 2 rings (SSSR count). The SMILES string of the molecule is Cc1cc(NCC(C)(O)C(=O)O)nc(-c2ccncc2)n1. The van der Waals surface area contributed by atoms with Crippen molar-refractivity contribution in [3.05, 3.63) is 36.3 Å². The van der Waals surface area contributed by atoms with Gasteiger partial charge in [0.1, 0.15) is 5.82 Å².